The van der Waals surface area contributed by atoms with Crippen LogP contribution in [-0.2, 0) is 4.79 Å². The second kappa shape index (κ2) is 9.29. The molecule has 0 radical (unpaired) electrons. The highest BCUT2D eigenvalue weighted by atomic mass is 31.2. The molecule has 2 nitrogen and oxygen atoms in total. The lowest BCUT2D eigenvalue weighted by Gasteiger charge is -2.26. The summed E-state index contributed by atoms with van der Waals surface area (Å²) in [5, 5.41) is 3.51. The lowest BCUT2D eigenvalue weighted by Crippen LogP contribution is -2.36. The van der Waals surface area contributed by atoms with Gasteiger partial charge < -0.3 is 4.74 Å². The quantitative estimate of drug-likeness (QED) is 0.241. The van der Waals surface area contributed by atoms with Gasteiger partial charge in [0.1, 0.15) is 28.9 Å². The number of hydrogen-bond donors (Lipinski definition) is 0. The summed E-state index contributed by atoms with van der Waals surface area (Å²) in [5.74, 6) is 0.427. The van der Waals surface area contributed by atoms with Crippen molar-refractivity contribution in [2.24, 2.45) is 0 Å². The molecule has 154 valence electrons. The van der Waals surface area contributed by atoms with E-state index in [9.17, 15) is 4.79 Å². The molecule has 0 aliphatic carbocycles. The molecular weight excluding hydrogens is 399 g/mol. The standard InChI is InChI=1S/C28H26O2P/c1-22-13-12-20-27(23(22)2)30-28(29)21-31(24-14-6-3-7-15-24,25-16-8-4-9-17-25)26-18-10-5-11-19-26/h3-20H,21H2,1-2H3/q+1. The highest BCUT2D eigenvalue weighted by Crippen LogP contribution is 2.55. The molecule has 4 aromatic carbocycles. The molecule has 0 N–H and O–H groups in total. The summed E-state index contributed by atoms with van der Waals surface area (Å²) in [4.78, 5) is 13.4. The molecule has 0 atom stereocenters. The van der Waals surface area contributed by atoms with E-state index in [1.165, 1.54) is 15.9 Å². The van der Waals surface area contributed by atoms with Crippen LogP contribution in [0.25, 0.3) is 0 Å². The van der Waals surface area contributed by atoms with Crippen LogP contribution in [0, 0.1) is 13.8 Å². The Kier molecular flexibility index (Phi) is 6.30. The van der Waals surface area contributed by atoms with Crippen molar-refractivity contribution in [2.45, 2.75) is 13.8 Å². The maximum absolute atomic E-state index is 13.4. The van der Waals surface area contributed by atoms with Crippen LogP contribution in [-0.4, -0.2) is 12.1 Å². The van der Waals surface area contributed by atoms with E-state index < -0.39 is 7.26 Å². The van der Waals surface area contributed by atoms with Gasteiger partial charge in [-0.1, -0.05) is 66.7 Å². The van der Waals surface area contributed by atoms with Gasteiger partial charge >= 0.3 is 5.97 Å². The fraction of sp³-hybridized carbons (Fsp3) is 0.107. The van der Waals surface area contributed by atoms with Crippen LogP contribution >= 0.6 is 7.26 Å². The Balaban J connectivity index is 1.84. The maximum Gasteiger partial charge on any atom is 0.350 e. The SMILES string of the molecule is Cc1cccc(OC(=O)C[P+](c2ccccc2)(c2ccccc2)c2ccccc2)c1C. The third-order valence-electron chi connectivity index (χ3n) is 5.74. The van der Waals surface area contributed by atoms with Crippen LogP contribution in [0.5, 0.6) is 5.75 Å². The van der Waals surface area contributed by atoms with Crippen LogP contribution in [0.1, 0.15) is 11.1 Å². The molecule has 0 amide bonds. The molecular formula is C28H26O2P+. The van der Waals surface area contributed by atoms with Gasteiger partial charge in [0.2, 0.25) is 0 Å². The molecule has 0 aliphatic heterocycles. The zero-order chi connectivity index (χ0) is 21.7. The number of ether oxygens (including phenoxy) is 1. The Hall–Kier alpha value is -3.22. The lowest BCUT2D eigenvalue weighted by atomic mass is 10.1. The lowest BCUT2D eigenvalue weighted by molar-refractivity contribution is -0.131. The molecule has 0 unspecified atom stereocenters. The number of hydrogen-bond acceptors (Lipinski definition) is 2. The van der Waals surface area contributed by atoms with Crippen molar-refractivity contribution in [3.63, 3.8) is 0 Å². The van der Waals surface area contributed by atoms with E-state index in [1.807, 2.05) is 86.6 Å². The van der Waals surface area contributed by atoms with Crippen molar-refractivity contribution in [3.8, 4) is 5.75 Å². The summed E-state index contributed by atoms with van der Waals surface area (Å²) >= 11 is 0. The van der Waals surface area contributed by atoms with E-state index in [0.717, 1.165) is 11.1 Å². The van der Waals surface area contributed by atoms with Crippen LogP contribution in [0.2, 0.25) is 0 Å². The molecule has 0 heterocycles. The molecule has 4 rings (SSSR count). The first-order valence-corrected chi connectivity index (χ1v) is 12.4. The predicted molar refractivity (Wildman–Crippen MR) is 132 cm³/mol. The van der Waals surface area contributed by atoms with Gasteiger partial charge in [0.05, 0.1) is 0 Å². The summed E-state index contributed by atoms with van der Waals surface area (Å²) in [6, 6.07) is 37.0. The Labute approximate surface area is 184 Å². The summed E-state index contributed by atoms with van der Waals surface area (Å²) in [6.07, 6.45) is 0.304. The fourth-order valence-electron chi connectivity index (χ4n) is 3.95. The molecule has 31 heavy (non-hydrogen) atoms. The first-order chi connectivity index (χ1) is 15.1. The Morgan fingerprint density at radius 2 is 1.10 bits per heavy atom. The number of rotatable bonds is 6. The van der Waals surface area contributed by atoms with E-state index in [1.54, 1.807) is 0 Å². The van der Waals surface area contributed by atoms with Gasteiger partial charge in [0.25, 0.3) is 0 Å². The number of carbonyl (C=O) groups excluding carboxylic acids is 1. The summed E-state index contributed by atoms with van der Waals surface area (Å²) in [7, 11) is -2.25. The third-order valence-corrected chi connectivity index (χ3v) is 10.0. The van der Waals surface area contributed by atoms with Gasteiger partial charge in [-0.05, 0) is 67.4 Å². The average Bonchev–Trinajstić information content (AvgIpc) is 2.82. The van der Waals surface area contributed by atoms with Gasteiger partial charge in [-0.3, -0.25) is 0 Å². The topological polar surface area (TPSA) is 26.3 Å². The molecule has 4 aromatic rings. The van der Waals surface area contributed by atoms with Gasteiger partial charge in [-0.25, -0.2) is 4.79 Å². The minimum atomic E-state index is -2.25. The van der Waals surface area contributed by atoms with Gasteiger partial charge in [-0.15, -0.1) is 0 Å². The molecule has 0 bridgehead atoms. The number of benzene rings is 4. The second-order valence-corrected chi connectivity index (χ2v) is 11.1. The zero-order valence-electron chi connectivity index (χ0n) is 17.9. The number of carbonyl (C=O) groups is 1. The fourth-order valence-corrected chi connectivity index (χ4v) is 7.89. The molecule has 0 saturated heterocycles. The number of esters is 1. The highest BCUT2D eigenvalue weighted by molar-refractivity contribution is 7.96. The van der Waals surface area contributed by atoms with Crippen molar-refractivity contribution in [3.05, 3.63) is 120 Å². The summed E-state index contributed by atoms with van der Waals surface area (Å²) in [6.45, 7) is 4.02. The Morgan fingerprint density at radius 1 is 0.645 bits per heavy atom. The van der Waals surface area contributed by atoms with Crippen LogP contribution < -0.4 is 20.7 Å². The number of aryl methyl sites for hydroxylation is 1. The molecule has 3 heteroatoms. The van der Waals surface area contributed by atoms with E-state index in [4.69, 9.17) is 4.74 Å². The van der Waals surface area contributed by atoms with Gasteiger partial charge in [0.15, 0.2) is 6.16 Å². The Bertz CT molecular complexity index is 1060. The molecule has 0 aliphatic rings. The molecule has 0 saturated carbocycles. The maximum atomic E-state index is 13.4. The van der Waals surface area contributed by atoms with Gasteiger partial charge in [0, 0.05) is 0 Å². The van der Waals surface area contributed by atoms with Crippen LogP contribution in [0.15, 0.2) is 109 Å². The highest BCUT2D eigenvalue weighted by Gasteiger charge is 2.47. The zero-order valence-corrected chi connectivity index (χ0v) is 18.8. The minimum Gasteiger partial charge on any atom is -0.424 e. The van der Waals surface area contributed by atoms with E-state index >= 15 is 0 Å². The van der Waals surface area contributed by atoms with Crippen molar-refractivity contribution >= 4 is 29.1 Å². The monoisotopic (exact) mass is 425 g/mol. The van der Waals surface area contributed by atoms with E-state index in [-0.39, 0.29) is 5.97 Å². The van der Waals surface area contributed by atoms with E-state index in [2.05, 4.69) is 36.4 Å². The van der Waals surface area contributed by atoms with E-state index in [0.29, 0.717) is 11.9 Å². The smallest absolute Gasteiger partial charge is 0.350 e. The van der Waals surface area contributed by atoms with Gasteiger partial charge in [-0.2, -0.15) is 0 Å². The Morgan fingerprint density at radius 3 is 1.55 bits per heavy atom. The third kappa shape index (κ3) is 4.31. The first-order valence-electron chi connectivity index (χ1n) is 10.4. The van der Waals surface area contributed by atoms with Crippen molar-refractivity contribution in [1.82, 2.24) is 0 Å². The van der Waals surface area contributed by atoms with Crippen LogP contribution in [0.4, 0.5) is 0 Å². The molecule has 0 aromatic heterocycles. The average molecular weight is 425 g/mol. The molecule has 0 fully saturated rings. The minimum absolute atomic E-state index is 0.210. The van der Waals surface area contributed by atoms with Crippen LogP contribution in [0.3, 0.4) is 0 Å². The summed E-state index contributed by atoms with van der Waals surface area (Å²) in [5.41, 5.74) is 2.11. The van der Waals surface area contributed by atoms with Crippen molar-refractivity contribution < 1.29 is 9.53 Å². The first kappa shape index (κ1) is 21.0. The second-order valence-electron chi connectivity index (χ2n) is 7.65. The van der Waals surface area contributed by atoms with Crippen molar-refractivity contribution in [1.29, 1.82) is 0 Å². The van der Waals surface area contributed by atoms with Crippen molar-refractivity contribution in [2.75, 3.05) is 6.16 Å². The predicted octanol–water partition coefficient (Wildman–Crippen LogP) is 5.20. The normalized spacial score (nSPS) is 11.2. The largest absolute Gasteiger partial charge is 0.424 e. The molecule has 0 spiro atoms. The summed E-state index contributed by atoms with van der Waals surface area (Å²) < 4.78 is 5.93.